The van der Waals surface area contributed by atoms with Gasteiger partial charge in [0.2, 0.25) is 6.79 Å². The molecule has 1 aromatic heterocycles. The molecule has 0 unspecified atom stereocenters. The molecule has 5 nitrogen and oxygen atoms in total. The van der Waals surface area contributed by atoms with Gasteiger partial charge in [0.25, 0.3) is 0 Å². The molecule has 3 rings (SSSR count). The minimum atomic E-state index is 0.156. The fraction of sp³-hybridized carbons (Fsp3) is 0.450. The topological polar surface area (TPSA) is 43.7 Å². The molecule has 2 heterocycles. The number of rotatable bonds is 6. The van der Waals surface area contributed by atoms with E-state index < -0.39 is 0 Å². The van der Waals surface area contributed by atoms with Gasteiger partial charge in [0.1, 0.15) is 0 Å². The Bertz CT molecular complexity index is 792. The van der Waals surface area contributed by atoms with Crippen LogP contribution >= 0.6 is 0 Å². The summed E-state index contributed by atoms with van der Waals surface area (Å²) in [6, 6.07) is 8.27. The average molecular weight is 342 g/mol. The summed E-state index contributed by atoms with van der Waals surface area (Å²) in [5, 5.41) is 0. The van der Waals surface area contributed by atoms with Crippen molar-refractivity contribution in [2.45, 2.75) is 40.3 Å². The molecule has 1 aliphatic heterocycles. The van der Waals surface area contributed by atoms with Gasteiger partial charge in [-0.3, -0.25) is 9.69 Å². The third kappa shape index (κ3) is 3.56. The maximum Gasteiger partial charge on any atom is 0.231 e. The number of hydrogen-bond acceptors (Lipinski definition) is 4. The van der Waals surface area contributed by atoms with Gasteiger partial charge in [-0.1, -0.05) is 6.07 Å². The van der Waals surface area contributed by atoms with E-state index in [1.54, 1.807) is 0 Å². The Balaban J connectivity index is 1.68. The molecule has 0 spiro atoms. The molecule has 0 fully saturated rings. The molecule has 1 aliphatic rings. The van der Waals surface area contributed by atoms with Gasteiger partial charge in [-0.25, -0.2) is 0 Å². The van der Waals surface area contributed by atoms with E-state index in [-0.39, 0.29) is 12.6 Å². The Labute approximate surface area is 149 Å². The summed E-state index contributed by atoms with van der Waals surface area (Å²) in [6.45, 7) is 9.71. The van der Waals surface area contributed by atoms with Crippen LogP contribution in [0.15, 0.2) is 24.3 Å². The third-order valence-electron chi connectivity index (χ3n) is 4.60. The highest BCUT2D eigenvalue weighted by atomic mass is 16.7. The lowest BCUT2D eigenvalue weighted by molar-refractivity contribution is 0.0942. The normalized spacial score (nSPS) is 13.1. The second-order valence-electron chi connectivity index (χ2n) is 7.03. The minimum absolute atomic E-state index is 0.156. The van der Waals surface area contributed by atoms with Crippen LogP contribution in [0.3, 0.4) is 0 Å². The van der Waals surface area contributed by atoms with Crippen LogP contribution in [-0.4, -0.2) is 35.6 Å². The van der Waals surface area contributed by atoms with Crippen molar-refractivity contribution in [3.8, 4) is 11.5 Å². The van der Waals surface area contributed by atoms with Crippen LogP contribution in [0.4, 0.5) is 0 Å². The maximum atomic E-state index is 12.7. The highest BCUT2D eigenvalue weighted by Crippen LogP contribution is 2.32. The number of fused-ring (bicyclic) bond motifs is 1. The lowest BCUT2D eigenvalue weighted by Crippen LogP contribution is -2.26. The minimum Gasteiger partial charge on any atom is -0.454 e. The summed E-state index contributed by atoms with van der Waals surface area (Å²) in [5.74, 6) is 1.71. The summed E-state index contributed by atoms with van der Waals surface area (Å²) < 4.78 is 13.0. The van der Waals surface area contributed by atoms with E-state index in [1.165, 1.54) is 0 Å². The number of carbonyl (C=O) groups excluding carboxylic acids is 1. The molecule has 0 saturated heterocycles. The zero-order valence-electron chi connectivity index (χ0n) is 15.6. The average Bonchev–Trinajstić information content (AvgIpc) is 3.10. The first kappa shape index (κ1) is 17.5. The predicted octanol–water partition coefficient (Wildman–Crippen LogP) is 3.73. The predicted molar refractivity (Wildman–Crippen MR) is 97.5 cm³/mol. The fourth-order valence-electron chi connectivity index (χ4n) is 3.59. The summed E-state index contributed by atoms with van der Waals surface area (Å²) in [5.41, 5.74) is 4.11. The van der Waals surface area contributed by atoms with Crippen molar-refractivity contribution in [1.82, 2.24) is 9.47 Å². The highest BCUT2D eigenvalue weighted by molar-refractivity contribution is 5.99. The van der Waals surface area contributed by atoms with E-state index in [2.05, 4.69) is 25.3 Å². The largest absolute Gasteiger partial charge is 0.454 e. The fourth-order valence-corrected chi connectivity index (χ4v) is 3.59. The Morgan fingerprint density at radius 1 is 1.20 bits per heavy atom. The second kappa shape index (κ2) is 6.92. The maximum absolute atomic E-state index is 12.7. The van der Waals surface area contributed by atoms with E-state index in [0.717, 1.165) is 34.0 Å². The summed E-state index contributed by atoms with van der Waals surface area (Å²) in [4.78, 5) is 14.8. The van der Waals surface area contributed by atoms with Gasteiger partial charge in [-0.2, -0.15) is 0 Å². The van der Waals surface area contributed by atoms with E-state index in [9.17, 15) is 4.79 Å². The van der Waals surface area contributed by atoms with Crippen molar-refractivity contribution in [3.63, 3.8) is 0 Å². The zero-order chi connectivity index (χ0) is 18.1. The molecule has 0 amide bonds. The van der Waals surface area contributed by atoms with Crippen LogP contribution in [0.2, 0.25) is 0 Å². The van der Waals surface area contributed by atoms with E-state index in [0.29, 0.717) is 19.1 Å². The first-order chi connectivity index (χ1) is 11.9. The molecule has 0 atom stereocenters. The Hall–Kier alpha value is -2.27. The monoisotopic (exact) mass is 342 g/mol. The molecule has 5 heteroatoms. The van der Waals surface area contributed by atoms with Crippen LogP contribution in [0, 0.1) is 13.8 Å². The summed E-state index contributed by atoms with van der Waals surface area (Å²) >= 11 is 0. The van der Waals surface area contributed by atoms with Gasteiger partial charge in [-0.15, -0.1) is 0 Å². The number of ketones is 1. The van der Waals surface area contributed by atoms with Crippen molar-refractivity contribution < 1.29 is 14.3 Å². The van der Waals surface area contributed by atoms with Gasteiger partial charge in [0.05, 0.1) is 6.54 Å². The number of carbonyl (C=O) groups is 1. The zero-order valence-corrected chi connectivity index (χ0v) is 15.6. The van der Waals surface area contributed by atoms with E-state index in [1.807, 2.05) is 43.1 Å². The molecule has 25 heavy (non-hydrogen) atoms. The SMILES string of the molecule is Cc1cc(C(=O)CN(C)Cc2ccc3c(c2)OCO3)c(C)n1C(C)C. The molecule has 0 N–H and O–H groups in total. The first-order valence-electron chi connectivity index (χ1n) is 8.65. The molecule has 134 valence electrons. The molecule has 1 aromatic carbocycles. The first-order valence-corrected chi connectivity index (χ1v) is 8.65. The summed E-state index contributed by atoms with van der Waals surface area (Å²) in [7, 11) is 1.96. The van der Waals surface area contributed by atoms with Crippen molar-refractivity contribution in [1.29, 1.82) is 0 Å². The van der Waals surface area contributed by atoms with Crippen LogP contribution < -0.4 is 9.47 Å². The molecule has 0 aliphatic carbocycles. The van der Waals surface area contributed by atoms with Crippen LogP contribution in [0.1, 0.15) is 47.2 Å². The third-order valence-corrected chi connectivity index (χ3v) is 4.60. The lowest BCUT2D eigenvalue weighted by atomic mass is 10.1. The van der Waals surface area contributed by atoms with Crippen molar-refractivity contribution in [3.05, 3.63) is 46.8 Å². The van der Waals surface area contributed by atoms with Gasteiger partial charge < -0.3 is 14.0 Å². The highest BCUT2D eigenvalue weighted by Gasteiger charge is 2.19. The molecule has 2 aromatic rings. The number of aromatic nitrogens is 1. The molecule has 0 saturated carbocycles. The van der Waals surface area contributed by atoms with Crippen molar-refractivity contribution >= 4 is 5.78 Å². The van der Waals surface area contributed by atoms with Crippen LogP contribution in [0.25, 0.3) is 0 Å². The van der Waals surface area contributed by atoms with E-state index in [4.69, 9.17) is 9.47 Å². The number of benzene rings is 1. The smallest absolute Gasteiger partial charge is 0.231 e. The lowest BCUT2D eigenvalue weighted by Gasteiger charge is -2.17. The summed E-state index contributed by atoms with van der Waals surface area (Å²) in [6.07, 6.45) is 0. The van der Waals surface area contributed by atoms with Gasteiger partial charge >= 0.3 is 0 Å². The molecule has 0 radical (unpaired) electrons. The number of nitrogens with zero attached hydrogens (tertiary/aromatic N) is 2. The Kier molecular flexibility index (Phi) is 4.86. The number of Topliss-reactive ketones (excluding diaryl/α,β-unsaturated/α-hetero) is 1. The van der Waals surface area contributed by atoms with Gasteiger partial charge in [0, 0.05) is 29.5 Å². The number of aryl methyl sites for hydroxylation is 1. The molecular formula is C20H26N2O3. The number of likely N-dealkylation sites (N-methyl/N-ethyl adjacent to an activating group) is 1. The Morgan fingerprint density at radius 2 is 1.92 bits per heavy atom. The number of hydrogen-bond donors (Lipinski definition) is 0. The molecule has 0 bridgehead atoms. The number of ether oxygens (including phenoxy) is 2. The van der Waals surface area contributed by atoms with Crippen molar-refractivity contribution in [2.75, 3.05) is 20.4 Å². The molecular weight excluding hydrogens is 316 g/mol. The quantitative estimate of drug-likeness (QED) is 0.750. The Morgan fingerprint density at radius 3 is 2.60 bits per heavy atom. The van der Waals surface area contributed by atoms with Gasteiger partial charge in [-0.05, 0) is 58.5 Å². The van der Waals surface area contributed by atoms with E-state index >= 15 is 0 Å². The second-order valence-corrected chi connectivity index (χ2v) is 7.03. The van der Waals surface area contributed by atoms with Crippen LogP contribution in [0.5, 0.6) is 11.5 Å². The van der Waals surface area contributed by atoms with Gasteiger partial charge in [0.15, 0.2) is 17.3 Å². The van der Waals surface area contributed by atoms with Crippen molar-refractivity contribution in [2.24, 2.45) is 0 Å². The standard InChI is InChI=1S/C20H26N2O3/c1-13(2)22-14(3)8-17(15(22)4)18(23)11-21(5)10-16-6-7-19-20(9-16)25-12-24-19/h6-9,13H,10-12H2,1-5H3. The van der Waals surface area contributed by atoms with Crippen LogP contribution in [-0.2, 0) is 6.54 Å².